The Morgan fingerprint density at radius 1 is 1.56 bits per heavy atom. The van der Waals surface area contributed by atoms with Crippen LogP contribution in [0.25, 0.3) is 0 Å². The van der Waals surface area contributed by atoms with Gasteiger partial charge in [-0.3, -0.25) is 4.79 Å². The lowest BCUT2D eigenvalue weighted by Crippen LogP contribution is -2.34. The van der Waals surface area contributed by atoms with Gasteiger partial charge in [-0.1, -0.05) is 6.07 Å². The van der Waals surface area contributed by atoms with Crippen LogP contribution in [-0.4, -0.2) is 22.9 Å². The number of benzene rings is 1. The number of aliphatic hydroxyl groups is 1. The highest BCUT2D eigenvalue weighted by Gasteiger charge is 2.26. The van der Waals surface area contributed by atoms with Crippen molar-refractivity contribution < 1.29 is 9.90 Å². The van der Waals surface area contributed by atoms with E-state index in [0.717, 1.165) is 16.1 Å². The third-order valence-electron chi connectivity index (χ3n) is 3.20. The molecule has 1 aromatic rings. The zero-order chi connectivity index (χ0) is 13.3. The predicted molar refractivity (Wildman–Crippen MR) is 73.6 cm³/mol. The molecule has 1 aromatic carbocycles. The van der Waals surface area contributed by atoms with Crippen LogP contribution >= 0.6 is 11.8 Å². The van der Waals surface area contributed by atoms with Crippen LogP contribution in [-0.2, 0) is 10.3 Å². The molecule has 2 rings (SSSR count). The third-order valence-corrected chi connectivity index (χ3v) is 4.38. The molecule has 98 valence electrons. The Morgan fingerprint density at radius 3 is 2.94 bits per heavy atom. The highest BCUT2D eigenvalue weighted by atomic mass is 32.2. The van der Waals surface area contributed by atoms with E-state index in [1.54, 1.807) is 11.8 Å². The lowest BCUT2D eigenvalue weighted by Gasteiger charge is -2.27. The van der Waals surface area contributed by atoms with Crippen LogP contribution in [0.2, 0.25) is 0 Å². The Morgan fingerprint density at radius 2 is 2.28 bits per heavy atom. The number of anilines is 1. The number of thioether (sulfide) groups is 1. The highest BCUT2D eigenvalue weighted by Crippen LogP contribution is 2.37. The topological polar surface area (TPSA) is 75.3 Å². The number of amides is 1. The number of carbonyl (C=O) groups excluding carboxylic acids is 1. The number of nitrogens with two attached hydrogens (primary N) is 1. The minimum absolute atomic E-state index is 0.0190. The Hall–Kier alpha value is -1.04. The quantitative estimate of drug-likeness (QED) is 0.778. The van der Waals surface area contributed by atoms with E-state index in [-0.39, 0.29) is 17.8 Å². The van der Waals surface area contributed by atoms with E-state index in [4.69, 9.17) is 10.8 Å². The summed E-state index contributed by atoms with van der Waals surface area (Å²) >= 11 is 1.55. The van der Waals surface area contributed by atoms with Crippen LogP contribution in [0.3, 0.4) is 0 Å². The van der Waals surface area contributed by atoms with Crippen molar-refractivity contribution in [3.05, 3.63) is 23.8 Å². The first-order valence-electron chi connectivity index (χ1n) is 5.96. The zero-order valence-corrected chi connectivity index (χ0v) is 11.4. The molecule has 0 spiro atoms. The molecule has 0 radical (unpaired) electrons. The van der Waals surface area contributed by atoms with Gasteiger partial charge >= 0.3 is 0 Å². The van der Waals surface area contributed by atoms with Crippen LogP contribution < -0.4 is 11.1 Å². The largest absolute Gasteiger partial charge is 0.396 e. The van der Waals surface area contributed by atoms with Gasteiger partial charge in [0.1, 0.15) is 0 Å². The van der Waals surface area contributed by atoms with Crippen LogP contribution in [0, 0.1) is 0 Å². The van der Waals surface area contributed by atoms with Gasteiger partial charge in [0.15, 0.2) is 0 Å². The van der Waals surface area contributed by atoms with E-state index < -0.39 is 5.54 Å². The van der Waals surface area contributed by atoms with E-state index in [2.05, 4.69) is 5.32 Å². The van der Waals surface area contributed by atoms with E-state index in [1.807, 2.05) is 32.0 Å². The molecule has 5 heteroatoms. The van der Waals surface area contributed by atoms with Crippen molar-refractivity contribution in [2.24, 2.45) is 5.73 Å². The number of aliphatic hydroxyl groups excluding tert-OH is 1. The molecular weight excluding hydrogens is 248 g/mol. The maximum absolute atomic E-state index is 11.6. The van der Waals surface area contributed by atoms with Gasteiger partial charge in [-0.2, -0.15) is 0 Å². The average molecular weight is 266 g/mol. The second-order valence-corrected chi connectivity index (χ2v) is 6.23. The fourth-order valence-corrected chi connectivity index (χ4v) is 2.87. The SMILES string of the molecule is CC1Sc2ccc(C(C)(N)CCO)cc2NC1=O. The zero-order valence-electron chi connectivity index (χ0n) is 10.6. The van der Waals surface area contributed by atoms with Gasteiger partial charge in [0.05, 0.1) is 10.9 Å². The molecule has 0 saturated heterocycles. The summed E-state index contributed by atoms with van der Waals surface area (Å²) in [5, 5.41) is 11.8. The predicted octanol–water partition coefficient (Wildman–Crippen LogP) is 1.68. The van der Waals surface area contributed by atoms with Crippen LogP contribution in [0.1, 0.15) is 25.8 Å². The van der Waals surface area contributed by atoms with E-state index in [0.29, 0.717) is 6.42 Å². The minimum Gasteiger partial charge on any atom is -0.396 e. The molecular formula is C13H18N2O2S. The van der Waals surface area contributed by atoms with E-state index in [9.17, 15) is 4.79 Å². The molecule has 18 heavy (non-hydrogen) atoms. The molecule has 0 aromatic heterocycles. The fourth-order valence-electron chi connectivity index (χ4n) is 1.94. The van der Waals surface area contributed by atoms with Crippen molar-refractivity contribution >= 4 is 23.4 Å². The van der Waals surface area contributed by atoms with Crippen molar-refractivity contribution in [1.29, 1.82) is 0 Å². The van der Waals surface area contributed by atoms with E-state index in [1.165, 1.54) is 0 Å². The smallest absolute Gasteiger partial charge is 0.237 e. The minimum atomic E-state index is -0.581. The third kappa shape index (κ3) is 2.53. The standard InChI is InChI=1S/C13H18N2O2S/c1-8-12(17)15-10-7-9(3-4-11(10)18-8)13(2,14)5-6-16/h3-4,7-8,16H,5-6,14H2,1-2H3,(H,15,17). The van der Waals surface area contributed by atoms with Gasteiger partial charge in [-0.25, -0.2) is 0 Å². The number of fused-ring (bicyclic) bond motifs is 1. The van der Waals surface area contributed by atoms with Crippen LogP contribution in [0.4, 0.5) is 5.69 Å². The summed E-state index contributed by atoms with van der Waals surface area (Å²) in [7, 11) is 0. The van der Waals surface area contributed by atoms with Gasteiger partial charge in [-0.05, 0) is 38.0 Å². The average Bonchev–Trinajstić information content (AvgIpc) is 2.30. The summed E-state index contributed by atoms with van der Waals surface area (Å²) in [6.45, 7) is 3.81. The first kappa shape index (κ1) is 13.4. The molecule has 0 aliphatic carbocycles. The first-order chi connectivity index (χ1) is 8.44. The van der Waals surface area contributed by atoms with Gasteiger partial charge in [0.2, 0.25) is 5.91 Å². The summed E-state index contributed by atoms with van der Waals surface area (Å²) in [5.41, 5.74) is 7.32. The summed E-state index contributed by atoms with van der Waals surface area (Å²) in [6.07, 6.45) is 0.489. The fraction of sp³-hybridized carbons (Fsp3) is 0.462. The number of rotatable bonds is 3. The van der Waals surface area contributed by atoms with E-state index >= 15 is 0 Å². The van der Waals surface area contributed by atoms with Gasteiger partial charge in [0, 0.05) is 17.0 Å². The number of hydrogen-bond donors (Lipinski definition) is 3. The number of nitrogens with one attached hydrogen (secondary N) is 1. The summed E-state index contributed by atoms with van der Waals surface area (Å²) in [6, 6.07) is 5.85. The van der Waals surface area contributed by atoms with Crippen molar-refractivity contribution in [3.63, 3.8) is 0 Å². The molecule has 1 amide bonds. The molecule has 0 saturated carbocycles. The van der Waals surface area contributed by atoms with Gasteiger partial charge < -0.3 is 16.2 Å². The normalized spacial score (nSPS) is 22.0. The molecule has 4 N–H and O–H groups in total. The highest BCUT2D eigenvalue weighted by molar-refractivity contribution is 8.00. The Balaban J connectivity index is 2.33. The second kappa shape index (κ2) is 4.91. The van der Waals surface area contributed by atoms with Crippen LogP contribution in [0.5, 0.6) is 0 Å². The molecule has 0 bridgehead atoms. The van der Waals surface area contributed by atoms with Crippen molar-refractivity contribution in [2.45, 2.75) is 36.0 Å². The molecule has 1 heterocycles. The maximum Gasteiger partial charge on any atom is 0.237 e. The molecule has 1 aliphatic rings. The lowest BCUT2D eigenvalue weighted by molar-refractivity contribution is -0.115. The van der Waals surface area contributed by atoms with Gasteiger partial charge in [-0.15, -0.1) is 11.8 Å². The molecule has 4 nitrogen and oxygen atoms in total. The van der Waals surface area contributed by atoms with Crippen LogP contribution in [0.15, 0.2) is 23.1 Å². The molecule has 0 fully saturated rings. The van der Waals surface area contributed by atoms with Crippen molar-refractivity contribution in [3.8, 4) is 0 Å². The lowest BCUT2D eigenvalue weighted by atomic mass is 9.90. The number of carbonyl (C=O) groups is 1. The molecule has 2 unspecified atom stereocenters. The maximum atomic E-state index is 11.6. The van der Waals surface area contributed by atoms with Gasteiger partial charge in [0.25, 0.3) is 0 Å². The summed E-state index contributed by atoms with van der Waals surface area (Å²) in [5.74, 6) is 0.0190. The summed E-state index contributed by atoms with van der Waals surface area (Å²) < 4.78 is 0. The Labute approximate surface area is 111 Å². The Bertz CT molecular complexity index is 474. The second-order valence-electron chi connectivity index (χ2n) is 4.85. The number of hydrogen-bond acceptors (Lipinski definition) is 4. The molecule has 1 aliphatic heterocycles. The molecule has 2 atom stereocenters. The van der Waals surface area contributed by atoms with Crippen molar-refractivity contribution in [2.75, 3.05) is 11.9 Å². The first-order valence-corrected chi connectivity index (χ1v) is 6.84. The Kier molecular flexibility index (Phi) is 3.66. The monoisotopic (exact) mass is 266 g/mol. The summed E-state index contributed by atoms with van der Waals surface area (Å²) in [4.78, 5) is 12.7. The van der Waals surface area contributed by atoms with Crippen molar-refractivity contribution in [1.82, 2.24) is 0 Å².